The van der Waals surface area contributed by atoms with Gasteiger partial charge in [-0.05, 0) is 31.2 Å². The molecule has 2 aromatic carbocycles. The topological polar surface area (TPSA) is 67.2 Å². The van der Waals surface area contributed by atoms with Gasteiger partial charge in [0.1, 0.15) is 0 Å². The second-order valence-electron chi connectivity index (χ2n) is 4.25. The maximum atomic E-state index is 8.58. The van der Waals surface area contributed by atoms with Gasteiger partial charge in [0.05, 0.1) is 11.4 Å². The Kier molecular flexibility index (Phi) is 18.5. The highest BCUT2D eigenvalue weighted by atomic mass is 16.1. The van der Waals surface area contributed by atoms with Crippen LogP contribution in [-0.2, 0) is 4.79 Å². The number of para-hydroxylation sites is 3. The van der Waals surface area contributed by atoms with Gasteiger partial charge >= 0.3 is 0 Å². The van der Waals surface area contributed by atoms with E-state index >= 15 is 0 Å². The van der Waals surface area contributed by atoms with Crippen LogP contribution in [0.5, 0.6) is 0 Å². The van der Waals surface area contributed by atoms with E-state index in [-0.39, 0.29) is 6.41 Å². The molecule has 2 rings (SSSR count). The molecule has 25 heavy (non-hydrogen) atoms. The summed E-state index contributed by atoms with van der Waals surface area (Å²) in [5.41, 5.74) is 7.40. The third kappa shape index (κ3) is 13.2. The van der Waals surface area contributed by atoms with Crippen molar-refractivity contribution in [3.63, 3.8) is 0 Å². The van der Waals surface area contributed by atoms with Crippen molar-refractivity contribution in [3.05, 3.63) is 79.9 Å². The van der Waals surface area contributed by atoms with Crippen LogP contribution in [0.15, 0.2) is 79.9 Å². The molecular weight excluding hydrogens is 310 g/mol. The van der Waals surface area contributed by atoms with Crippen molar-refractivity contribution >= 4 is 23.5 Å². The van der Waals surface area contributed by atoms with Gasteiger partial charge in [0.15, 0.2) is 0 Å². The molecule has 0 bridgehead atoms. The molecule has 0 spiro atoms. The van der Waals surface area contributed by atoms with E-state index in [9.17, 15) is 0 Å². The molecule has 0 aromatic heterocycles. The number of amides is 1. The van der Waals surface area contributed by atoms with Crippen molar-refractivity contribution in [2.24, 2.45) is 5.73 Å². The van der Waals surface area contributed by atoms with E-state index in [4.69, 9.17) is 4.79 Å². The highest BCUT2D eigenvalue weighted by Crippen LogP contribution is 2.24. The van der Waals surface area contributed by atoms with Gasteiger partial charge in [0.25, 0.3) is 0 Å². The lowest BCUT2D eigenvalue weighted by atomic mass is 10.2. The number of primary amides is 1. The van der Waals surface area contributed by atoms with E-state index in [1.165, 1.54) is 0 Å². The van der Waals surface area contributed by atoms with E-state index in [0.717, 1.165) is 23.6 Å². The summed E-state index contributed by atoms with van der Waals surface area (Å²) in [5.74, 6) is 0. The molecule has 2 aromatic rings. The van der Waals surface area contributed by atoms with Crippen molar-refractivity contribution in [1.82, 2.24) is 0 Å². The van der Waals surface area contributed by atoms with Crippen LogP contribution in [-0.4, -0.2) is 13.0 Å². The number of allylic oxidation sites excluding steroid dienone is 1. The maximum absolute atomic E-state index is 8.58. The first-order valence-corrected chi connectivity index (χ1v) is 8.21. The molecule has 4 N–H and O–H groups in total. The van der Waals surface area contributed by atoms with Crippen LogP contribution in [0.4, 0.5) is 17.1 Å². The predicted octanol–water partition coefficient (Wildman–Crippen LogP) is 5.35. The second kappa shape index (κ2) is 19.0. The van der Waals surface area contributed by atoms with Crippen LogP contribution in [0.3, 0.4) is 0 Å². The molecule has 0 saturated carbocycles. The molecule has 0 unspecified atom stereocenters. The van der Waals surface area contributed by atoms with Crippen LogP contribution in [0.25, 0.3) is 0 Å². The summed E-state index contributed by atoms with van der Waals surface area (Å²) < 4.78 is 0. The summed E-state index contributed by atoms with van der Waals surface area (Å²) in [6.45, 7) is 13.7. The number of rotatable bonds is 5. The lowest BCUT2D eigenvalue weighted by Crippen LogP contribution is -2.01. The second-order valence-corrected chi connectivity index (χ2v) is 4.25. The molecule has 0 fully saturated rings. The SMILES string of the molecule is C=CC.C=CCNc1ccccc1Nc1ccccc1.CC.NC=O. The average molecular weight is 341 g/mol. The number of nitrogens with one attached hydrogen (secondary N) is 2. The van der Waals surface area contributed by atoms with Crippen LogP contribution < -0.4 is 16.4 Å². The van der Waals surface area contributed by atoms with Gasteiger partial charge in [-0.1, -0.05) is 56.3 Å². The fraction of sp³-hybridized carbons (Fsp3) is 0.190. The molecule has 0 aliphatic heterocycles. The van der Waals surface area contributed by atoms with Gasteiger partial charge in [-0.2, -0.15) is 0 Å². The van der Waals surface area contributed by atoms with Gasteiger partial charge < -0.3 is 16.4 Å². The number of nitrogens with two attached hydrogens (primary N) is 1. The molecular formula is C21H31N3O. The fourth-order valence-corrected chi connectivity index (χ4v) is 1.61. The van der Waals surface area contributed by atoms with E-state index in [1.807, 2.05) is 69.3 Å². The van der Waals surface area contributed by atoms with Gasteiger partial charge in [-0.15, -0.1) is 13.2 Å². The molecule has 0 saturated heterocycles. The van der Waals surface area contributed by atoms with Crippen molar-refractivity contribution in [3.8, 4) is 0 Å². The highest BCUT2D eigenvalue weighted by molar-refractivity contribution is 5.74. The third-order valence-corrected chi connectivity index (χ3v) is 2.42. The molecule has 0 atom stereocenters. The van der Waals surface area contributed by atoms with Crippen molar-refractivity contribution in [2.75, 3.05) is 17.2 Å². The first-order valence-electron chi connectivity index (χ1n) is 8.21. The highest BCUT2D eigenvalue weighted by Gasteiger charge is 1.99. The average Bonchev–Trinajstić information content (AvgIpc) is 2.65. The zero-order chi connectivity index (χ0) is 19.3. The molecule has 0 heterocycles. The Morgan fingerprint density at radius 2 is 1.40 bits per heavy atom. The van der Waals surface area contributed by atoms with Gasteiger partial charge in [-0.3, -0.25) is 4.79 Å². The number of carbonyl (C=O) groups excluding carboxylic acids is 1. The lowest BCUT2D eigenvalue weighted by molar-refractivity contribution is -0.106. The Hall–Kier alpha value is -3.01. The van der Waals surface area contributed by atoms with E-state index < -0.39 is 0 Å². The largest absolute Gasteiger partial charge is 0.380 e. The molecule has 0 aliphatic carbocycles. The Labute approximate surface area is 152 Å². The van der Waals surface area contributed by atoms with E-state index in [2.05, 4.69) is 41.7 Å². The molecule has 136 valence electrons. The van der Waals surface area contributed by atoms with Crippen molar-refractivity contribution < 1.29 is 4.79 Å². The number of hydrogen-bond donors (Lipinski definition) is 3. The quantitative estimate of drug-likeness (QED) is 0.507. The van der Waals surface area contributed by atoms with Crippen molar-refractivity contribution in [1.29, 1.82) is 0 Å². The minimum Gasteiger partial charge on any atom is -0.380 e. The van der Waals surface area contributed by atoms with Crippen LogP contribution in [0, 0.1) is 0 Å². The monoisotopic (exact) mass is 341 g/mol. The molecule has 4 nitrogen and oxygen atoms in total. The normalized spacial score (nSPS) is 7.80. The first kappa shape index (κ1) is 24.2. The fourth-order valence-electron chi connectivity index (χ4n) is 1.61. The van der Waals surface area contributed by atoms with E-state index in [0.29, 0.717) is 0 Å². The molecule has 4 heteroatoms. The zero-order valence-corrected chi connectivity index (χ0v) is 15.5. The van der Waals surface area contributed by atoms with Gasteiger partial charge in [0.2, 0.25) is 6.41 Å². The van der Waals surface area contributed by atoms with E-state index in [1.54, 1.807) is 6.08 Å². The Morgan fingerprint density at radius 3 is 1.88 bits per heavy atom. The molecule has 0 radical (unpaired) electrons. The summed E-state index contributed by atoms with van der Waals surface area (Å²) >= 11 is 0. The van der Waals surface area contributed by atoms with Crippen LogP contribution in [0.1, 0.15) is 20.8 Å². The summed E-state index contributed by atoms with van der Waals surface area (Å²) in [6.07, 6.45) is 3.85. The van der Waals surface area contributed by atoms with Crippen LogP contribution >= 0.6 is 0 Å². The van der Waals surface area contributed by atoms with Crippen LogP contribution in [0.2, 0.25) is 0 Å². The summed E-state index contributed by atoms with van der Waals surface area (Å²) in [5, 5.41) is 6.69. The molecule has 0 aliphatic rings. The van der Waals surface area contributed by atoms with Gasteiger partial charge in [-0.25, -0.2) is 0 Å². The first-order chi connectivity index (χ1) is 12.2. The number of anilines is 3. The Bertz CT molecular complexity index is 562. The summed E-state index contributed by atoms with van der Waals surface area (Å²) in [6, 6.07) is 18.3. The standard InChI is InChI=1S/C15H16N2.C3H6.C2H6.CH3NO/c1-2-12-16-14-10-6-7-11-15(14)17-13-8-4-3-5-9-13;1-3-2;1-2;2-1-3/h2-11,16-17H,1,12H2;3H,1H2,2H3;1-2H3;1H,(H2,2,3). The van der Waals surface area contributed by atoms with Gasteiger partial charge in [0, 0.05) is 12.2 Å². The summed E-state index contributed by atoms with van der Waals surface area (Å²) in [4.78, 5) is 8.58. The number of hydrogen-bond acceptors (Lipinski definition) is 3. The Balaban J connectivity index is 0. The number of benzene rings is 2. The lowest BCUT2D eigenvalue weighted by Gasteiger charge is -2.12. The molecule has 1 amide bonds. The summed E-state index contributed by atoms with van der Waals surface area (Å²) in [7, 11) is 0. The van der Waals surface area contributed by atoms with Crippen molar-refractivity contribution in [2.45, 2.75) is 20.8 Å². The maximum Gasteiger partial charge on any atom is 0.204 e. The Morgan fingerprint density at radius 1 is 0.960 bits per heavy atom. The number of carbonyl (C=O) groups is 1. The minimum absolute atomic E-state index is 0.250. The zero-order valence-electron chi connectivity index (χ0n) is 15.5. The smallest absolute Gasteiger partial charge is 0.204 e. The third-order valence-electron chi connectivity index (χ3n) is 2.42. The predicted molar refractivity (Wildman–Crippen MR) is 112 cm³/mol. The minimum atomic E-state index is 0.250.